The highest BCUT2D eigenvalue weighted by molar-refractivity contribution is 7.07. The molecule has 5 nitrogen and oxygen atoms in total. The number of H-pyrrole nitrogens is 1. The van der Waals surface area contributed by atoms with E-state index in [-0.39, 0.29) is 18.1 Å². The highest BCUT2D eigenvalue weighted by Gasteiger charge is 2.30. The first-order valence-corrected chi connectivity index (χ1v) is 9.63. The van der Waals surface area contributed by atoms with E-state index < -0.39 is 0 Å². The fourth-order valence-corrected chi connectivity index (χ4v) is 3.94. The van der Waals surface area contributed by atoms with Crippen LogP contribution in [0.15, 0.2) is 47.2 Å². The SMILES string of the molecule is Cc1ccc(-c2cc(C(=O)N3CC(C)OC(c4ccsc4)C3)[nH]n2)cc1. The molecule has 2 unspecified atom stereocenters. The number of rotatable bonds is 3. The molecule has 1 amide bonds. The smallest absolute Gasteiger partial charge is 0.272 e. The molecule has 1 aromatic carbocycles. The standard InChI is InChI=1S/C20H21N3O2S/c1-13-3-5-15(6-4-13)17-9-18(22-21-17)20(24)23-10-14(2)25-19(11-23)16-7-8-26-12-16/h3-9,12,14,19H,10-11H2,1-2H3,(H,21,22). The molecule has 0 radical (unpaired) electrons. The van der Waals surface area contributed by atoms with Crippen molar-refractivity contribution in [2.24, 2.45) is 0 Å². The fraction of sp³-hybridized carbons (Fsp3) is 0.300. The molecule has 26 heavy (non-hydrogen) atoms. The van der Waals surface area contributed by atoms with Crippen LogP contribution < -0.4 is 0 Å². The van der Waals surface area contributed by atoms with Crippen molar-refractivity contribution in [3.63, 3.8) is 0 Å². The number of nitrogens with one attached hydrogen (secondary N) is 1. The van der Waals surface area contributed by atoms with E-state index in [4.69, 9.17) is 4.74 Å². The lowest BCUT2D eigenvalue weighted by Crippen LogP contribution is -2.46. The average molecular weight is 367 g/mol. The molecule has 1 fully saturated rings. The summed E-state index contributed by atoms with van der Waals surface area (Å²) in [7, 11) is 0. The molecule has 2 atom stereocenters. The first kappa shape index (κ1) is 17.0. The van der Waals surface area contributed by atoms with E-state index >= 15 is 0 Å². The van der Waals surface area contributed by atoms with Gasteiger partial charge in [0.2, 0.25) is 0 Å². The Kier molecular flexibility index (Phi) is 4.61. The molecule has 0 spiro atoms. The summed E-state index contributed by atoms with van der Waals surface area (Å²) in [6.45, 7) is 5.19. The summed E-state index contributed by atoms with van der Waals surface area (Å²) in [6, 6.07) is 12.0. The summed E-state index contributed by atoms with van der Waals surface area (Å²) >= 11 is 1.64. The molecule has 1 N–H and O–H groups in total. The van der Waals surface area contributed by atoms with Crippen molar-refractivity contribution in [3.8, 4) is 11.3 Å². The minimum Gasteiger partial charge on any atom is -0.367 e. The number of hydrogen-bond donors (Lipinski definition) is 1. The van der Waals surface area contributed by atoms with E-state index in [1.54, 1.807) is 11.3 Å². The third kappa shape index (κ3) is 3.43. The molecular formula is C20H21N3O2S. The van der Waals surface area contributed by atoms with Crippen LogP contribution >= 0.6 is 11.3 Å². The lowest BCUT2D eigenvalue weighted by atomic mass is 10.1. The second-order valence-corrected chi connectivity index (χ2v) is 7.52. The molecular weight excluding hydrogens is 346 g/mol. The number of thiophene rings is 1. The first-order valence-electron chi connectivity index (χ1n) is 8.69. The lowest BCUT2D eigenvalue weighted by molar-refractivity contribution is -0.0691. The molecule has 1 saturated heterocycles. The first-order chi connectivity index (χ1) is 12.6. The third-order valence-electron chi connectivity index (χ3n) is 4.62. The Morgan fingerprint density at radius 3 is 2.81 bits per heavy atom. The third-order valence-corrected chi connectivity index (χ3v) is 5.32. The summed E-state index contributed by atoms with van der Waals surface area (Å²) in [5.74, 6) is -0.0359. The van der Waals surface area contributed by atoms with E-state index in [0.717, 1.165) is 16.8 Å². The van der Waals surface area contributed by atoms with Gasteiger partial charge in [0.1, 0.15) is 11.8 Å². The van der Waals surface area contributed by atoms with Gasteiger partial charge in [0.05, 0.1) is 18.3 Å². The number of ether oxygens (including phenoxy) is 1. The van der Waals surface area contributed by atoms with Gasteiger partial charge in [0, 0.05) is 12.1 Å². The molecule has 3 heterocycles. The number of amides is 1. The van der Waals surface area contributed by atoms with Crippen LogP contribution in [0.3, 0.4) is 0 Å². The summed E-state index contributed by atoms with van der Waals surface area (Å²) in [5.41, 5.74) is 4.62. The van der Waals surface area contributed by atoms with Crippen molar-refractivity contribution in [1.29, 1.82) is 0 Å². The second-order valence-electron chi connectivity index (χ2n) is 6.74. The number of carbonyl (C=O) groups is 1. The summed E-state index contributed by atoms with van der Waals surface area (Å²) in [6.07, 6.45) is -0.0782. The highest BCUT2D eigenvalue weighted by atomic mass is 32.1. The number of aromatic nitrogens is 2. The van der Waals surface area contributed by atoms with E-state index in [1.165, 1.54) is 5.56 Å². The molecule has 2 aromatic heterocycles. The Bertz CT molecular complexity index is 886. The number of hydrogen-bond acceptors (Lipinski definition) is 4. The maximum absolute atomic E-state index is 13.0. The van der Waals surface area contributed by atoms with Gasteiger partial charge in [0.25, 0.3) is 5.91 Å². The van der Waals surface area contributed by atoms with E-state index in [0.29, 0.717) is 18.8 Å². The Morgan fingerprint density at radius 2 is 2.08 bits per heavy atom. The van der Waals surface area contributed by atoms with Gasteiger partial charge in [-0.05, 0) is 42.3 Å². The van der Waals surface area contributed by atoms with Crippen molar-refractivity contribution < 1.29 is 9.53 Å². The van der Waals surface area contributed by atoms with Crippen LogP contribution in [0.4, 0.5) is 0 Å². The Morgan fingerprint density at radius 1 is 1.27 bits per heavy atom. The van der Waals surface area contributed by atoms with E-state index in [9.17, 15) is 4.79 Å². The minimum atomic E-state index is -0.0755. The second kappa shape index (κ2) is 7.05. The van der Waals surface area contributed by atoms with Crippen LogP contribution in [-0.4, -0.2) is 40.2 Å². The number of aryl methyl sites for hydroxylation is 1. The van der Waals surface area contributed by atoms with Crippen LogP contribution in [0.2, 0.25) is 0 Å². The number of aromatic amines is 1. The molecule has 0 saturated carbocycles. The zero-order valence-corrected chi connectivity index (χ0v) is 15.6. The number of nitrogens with zero attached hydrogens (tertiary/aromatic N) is 2. The average Bonchev–Trinajstić information content (AvgIpc) is 3.33. The van der Waals surface area contributed by atoms with Gasteiger partial charge >= 0.3 is 0 Å². The molecule has 4 rings (SSSR count). The van der Waals surface area contributed by atoms with Crippen molar-refractivity contribution >= 4 is 17.2 Å². The van der Waals surface area contributed by atoms with Gasteiger partial charge in [-0.1, -0.05) is 29.8 Å². The van der Waals surface area contributed by atoms with Crippen LogP contribution in [0, 0.1) is 6.92 Å². The van der Waals surface area contributed by atoms with Gasteiger partial charge in [-0.15, -0.1) is 0 Å². The molecule has 6 heteroatoms. The normalized spacial score (nSPS) is 20.3. The van der Waals surface area contributed by atoms with Crippen molar-refractivity contribution in [3.05, 3.63) is 64.0 Å². The van der Waals surface area contributed by atoms with Crippen LogP contribution in [0.5, 0.6) is 0 Å². The van der Waals surface area contributed by atoms with Crippen molar-refractivity contribution in [2.75, 3.05) is 13.1 Å². The maximum atomic E-state index is 13.0. The predicted octanol–water partition coefficient (Wildman–Crippen LogP) is 4.05. The number of morpholine rings is 1. The Labute approximate surface area is 156 Å². The van der Waals surface area contributed by atoms with E-state index in [2.05, 4.69) is 21.6 Å². The minimum absolute atomic E-state index is 0.00269. The largest absolute Gasteiger partial charge is 0.367 e. The molecule has 3 aromatic rings. The van der Waals surface area contributed by atoms with Crippen molar-refractivity contribution in [1.82, 2.24) is 15.1 Å². The summed E-state index contributed by atoms with van der Waals surface area (Å²) in [5, 5.41) is 11.3. The van der Waals surface area contributed by atoms with Crippen LogP contribution in [0.1, 0.15) is 34.6 Å². The fourth-order valence-electron chi connectivity index (χ4n) is 3.23. The Hall–Kier alpha value is -2.44. The zero-order valence-electron chi connectivity index (χ0n) is 14.8. The quantitative estimate of drug-likeness (QED) is 0.760. The van der Waals surface area contributed by atoms with E-state index in [1.807, 2.05) is 54.5 Å². The highest BCUT2D eigenvalue weighted by Crippen LogP contribution is 2.28. The van der Waals surface area contributed by atoms with Gasteiger partial charge < -0.3 is 9.64 Å². The zero-order chi connectivity index (χ0) is 18.1. The molecule has 1 aliphatic heterocycles. The van der Waals surface area contributed by atoms with Crippen LogP contribution in [-0.2, 0) is 4.74 Å². The number of carbonyl (C=O) groups excluding carboxylic acids is 1. The Balaban J connectivity index is 1.52. The molecule has 1 aliphatic rings. The van der Waals surface area contributed by atoms with Gasteiger partial charge in [-0.25, -0.2) is 0 Å². The van der Waals surface area contributed by atoms with Gasteiger partial charge in [0.15, 0.2) is 0 Å². The monoisotopic (exact) mass is 367 g/mol. The molecule has 134 valence electrons. The number of benzene rings is 1. The van der Waals surface area contributed by atoms with Crippen molar-refractivity contribution in [2.45, 2.75) is 26.1 Å². The van der Waals surface area contributed by atoms with Gasteiger partial charge in [-0.3, -0.25) is 9.89 Å². The maximum Gasteiger partial charge on any atom is 0.272 e. The lowest BCUT2D eigenvalue weighted by Gasteiger charge is -2.36. The summed E-state index contributed by atoms with van der Waals surface area (Å²) in [4.78, 5) is 14.8. The predicted molar refractivity (Wildman–Crippen MR) is 102 cm³/mol. The van der Waals surface area contributed by atoms with Gasteiger partial charge in [-0.2, -0.15) is 16.4 Å². The van der Waals surface area contributed by atoms with Crippen LogP contribution in [0.25, 0.3) is 11.3 Å². The molecule has 0 bridgehead atoms. The topological polar surface area (TPSA) is 58.2 Å². The molecule has 0 aliphatic carbocycles. The summed E-state index contributed by atoms with van der Waals surface area (Å²) < 4.78 is 6.02.